The molecule has 4 nitrogen and oxygen atoms in total. The Morgan fingerprint density at radius 2 is 2.14 bits per heavy atom. The number of rotatable bonds is 1. The number of hydrogen-bond donors (Lipinski definition) is 0. The van der Waals surface area contributed by atoms with Gasteiger partial charge in [-0.1, -0.05) is 5.16 Å². The Balaban J connectivity index is 2.11. The summed E-state index contributed by atoms with van der Waals surface area (Å²) in [6.07, 6.45) is 4.99. The number of carbonyl (C=O) groups excluding carboxylic acids is 1. The molecule has 76 valence electrons. The molecule has 1 amide bonds. The molecule has 0 atom stereocenters. The fraction of sp³-hybridized carbons (Fsp3) is 0.600. The third-order valence-electron chi connectivity index (χ3n) is 2.59. The molecule has 14 heavy (non-hydrogen) atoms. The molecular formula is C10H14N2O2. The molecule has 4 heteroatoms. The van der Waals surface area contributed by atoms with E-state index in [1.54, 1.807) is 6.20 Å². The van der Waals surface area contributed by atoms with Gasteiger partial charge in [-0.15, -0.1) is 0 Å². The molecule has 0 aromatic carbocycles. The lowest BCUT2D eigenvalue weighted by molar-refractivity contribution is 0.0681. The first-order valence-corrected chi connectivity index (χ1v) is 4.99. The number of piperidine rings is 1. The molecule has 1 fully saturated rings. The van der Waals surface area contributed by atoms with Crippen LogP contribution in [0.1, 0.15) is 35.4 Å². The molecule has 0 bridgehead atoms. The highest BCUT2D eigenvalue weighted by atomic mass is 16.5. The Hall–Kier alpha value is -1.32. The van der Waals surface area contributed by atoms with Crippen molar-refractivity contribution < 1.29 is 9.32 Å². The number of nitrogens with zero attached hydrogens (tertiary/aromatic N) is 2. The van der Waals surface area contributed by atoms with Crippen LogP contribution < -0.4 is 0 Å². The van der Waals surface area contributed by atoms with Crippen LogP contribution in [0.3, 0.4) is 0 Å². The fourth-order valence-corrected chi connectivity index (χ4v) is 1.74. The number of likely N-dealkylation sites (tertiary alicyclic amines) is 1. The molecule has 2 heterocycles. The van der Waals surface area contributed by atoms with Crippen molar-refractivity contribution in [2.75, 3.05) is 13.1 Å². The lowest BCUT2D eigenvalue weighted by Crippen LogP contribution is -2.35. The topological polar surface area (TPSA) is 46.3 Å². The van der Waals surface area contributed by atoms with Crippen LogP contribution in [0.5, 0.6) is 0 Å². The van der Waals surface area contributed by atoms with Crippen LogP contribution in [0.15, 0.2) is 10.7 Å². The van der Waals surface area contributed by atoms with Crippen molar-refractivity contribution in [1.82, 2.24) is 10.1 Å². The van der Waals surface area contributed by atoms with Gasteiger partial charge in [0.1, 0.15) is 0 Å². The number of carbonyl (C=O) groups is 1. The molecule has 1 aromatic rings. The summed E-state index contributed by atoms with van der Waals surface area (Å²) < 4.78 is 4.94. The van der Waals surface area contributed by atoms with Crippen LogP contribution in [0.25, 0.3) is 0 Å². The fourth-order valence-electron chi connectivity index (χ4n) is 1.74. The molecule has 1 saturated heterocycles. The molecule has 0 radical (unpaired) electrons. The lowest BCUT2D eigenvalue weighted by atomic mass is 10.1. The Morgan fingerprint density at radius 1 is 1.43 bits per heavy atom. The average molecular weight is 194 g/mol. The first-order valence-electron chi connectivity index (χ1n) is 4.99. The summed E-state index contributed by atoms with van der Waals surface area (Å²) in [5, 5.41) is 3.62. The first kappa shape index (κ1) is 9.24. The summed E-state index contributed by atoms with van der Waals surface area (Å²) in [5.74, 6) is 0.381. The molecule has 0 spiro atoms. The zero-order chi connectivity index (χ0) is 9.97. The van der Waals surface area contributed by atoms with Crippen LogP contribution >= 0.6 is 0 Å². The summed E-state index contributed by atoms with van der Waals surface area (Å²) >= 11 is 0. The molecule has 0 saturated carbocycles. The summed E-state index contributed by atoms with van der Waals surface area (Å²) in [7, 11) is 0. The standard InChI is InChI=1S/C10H14N2O2/c1-8-7-11-14-9(8)10(13)12-5-3-2-4-6-12/h7H,2-6H2,1H3. The minimum Gasteiger partial charge on any atom is -0.351 e. The Labute approximate surface area is 82.9 Å². The minimum atomic E-state index is -0.0142. The summed E-state index contributed by atoms with van der Waals surface area (Å²) in [4.78, 5) is 13.7. The quantitative estimate of drug-likeness (QED) is 0.682. The number of amides is 1. The number of aryl methyl sites for hydroxylation is 1. The van der Waals surface area contributed by atoms with E-state index in [2.05, 4.69) is 5.16 Å². The van der Waals surface area contributed by atoms with E-state index < -0.39 is 0 Å². The SMILES string of the molecule is Cc1cnoc1C(=O)N1CCCCC1. The zero-order valence-electron chi connectivity index (χ0n) is 8.32. The monoisotopic (exact) mass is 194 g/mol. The van der Waals surface area contributed by atoms with Crippen molar-refractivity contribution in [2.24, 2.45) is 0 Å². The molecule has 0 unspecified atom stereocenters. The van der Waals surface area contributed by atoms with Crippen molar-refractivity contribution in [3.63, 3.8) is 0 Å². The van der Waals surface area contributed by atoms with Gasteiger partial charge in [-0.2, -0.15) is 0 Å². The highest BCUT2D eigenvalue weighted by Crippen LogP contribution is 2.14. The summed E-state index contributed by atoms with van der Waals surface area (Å²) in [6.45, 7) is 3.53. The van der Waals surface area contributed by atoms with Gasteiger partial charge < -0.3 is 9.42 Å². The highest BCUT2D eigenvalue weighted by Gasteiger charge is 2.22. The number of aromatic nitrogens is 1. The highest BCUT2D eigenvalue weighted by molar-refractivity contribution is 5.92. The third-order valence-corrected chi connectivity index (χ3v) is 2.59. The molecule has 1 aromatic heterocycles. The van der Waals surface area contributed by atoms with Crippen LogP contribution in [-0.4, -0.2) is 29.1 Å². The molecular weight excluding hydrogens is 180 g/mol. The predicted molar refractivity (Wildman–Crippen MR) is 51.0 cm³/mol. The lowest BCUT2D eigenvalue weighted by Gasteiger charge is -2.25. The van der Waals surface area contributed by atoms with E-state index in [-0.39, 0.29) is 5.91 Å². The van der Waals surface area contributed by atoms with Crippen molar-refractivity contribution in [1.29, 1.82) is 0 Å². The first-order chi connectivity index (χ1) is 6.79. The van der Waals surface area contributed by atoms with Crippen LogP contribution in [0.4, 0.5) is 0 Å². The molecule has 2 rings (SSSR count). The molecule has 1 aliphatic heterocycles. The van der Waals surface area contributed by atoms with Gasteiger partial charge in [0.15, 0.2) is 0 Å². The minimum absolute atomic E-state index is 0.0142. The maximum absolute atomic E-state index is 11.9. The second-order valence-corrected chi connectivity index (χ2v) is 3.69. The van der Waals surface area contributed by atoms with Crippen molar-refractivity contribution in [3.05, 3.63) is 17.5 Å². The zero-order valence-corrected chi connectivity index (χ0v) is 8.32. The van der Waals surface area contributed by atoms with Gasteiger partial charge >= 0.3 is 0 Å². The maximum Gasteiger partial charge on any atom is 0.292 e. The van der Waals surface area contributed by atoms with E-state index in [1.807, 2.05) is 11.8 Å². The van der Waals surface area contributed by atoms with E-state index >= 15 is 0 Å². The van der Waals surface area contributed by atoms with Gasteiger partial charge in [0.05, 0.1) is 6.20 Å². The van der Waals surface area contributed by atoms with Crippen LogP contribution in [-0.2, 0) is 0 Å². The molecule has 0 N–H and O–H groups in total. The Kier molecular flexibility index (Phi) is 2.52. The van der Waals surface area contributed by atoms with Crippen molar-refractivity contribution >= 4 is 5.91 Å². The van der Waals surface area contributed by atoms with E-state index in [0.29, 0.717) is 5.76 Å². The van der Waals surface area contributed by atoms with Gasteiger partial charge in [-0.3, -0.25) is 4.79 Å². The van der Waals surface area contributed by atoms with Gasteiger partial charge in [0.25, 0.3) is 5.91 Å². The molecule has 0 aliphatic carbocycles. The Morgan fingerprint density at radius 3 is 2.71 bits per heavy atom. The second-order valence-electron chi connectivity index (χ2n) is 3.69. The number of hydrogen-bond acceptors (Lipinski definition) is 3. The van der Waals surface area contributed by atoms with E-state index in [9.17, 15) is 4.79 Å². The maximum atomic E-state index is 11.9. The van der Waals surface area contributed by atoms with E-state index in [4.69, 9.17) is 4.52 Å². The Bertz CT molecular complexity index is 327. The largest absolute Gasteiger partial charge is 0.351 e. The predicted octanol–water partition coefficient (Wildman–Crippen LogP) is 1.61. The third kappa shape index (κ3) is 1.64. The van der Waals surface area contributed by atoms with Gasteiger partial charge in [-0.05, 0) is 26.2 Å². The van der Waals surface area contributed by atoms with Gasteiger partial charge in [-0.25, -0.2) is 0 Å². The molecule has 1 aliphatic rings. The van der Waals surface area contributed by atoms with Crippen molar-refractivity contribution in [3.8, 4) is 0 Å². The summed E-state index contributed by atoms with van der Waals surface area (Å²) in [6, 6.07) is 0. The van der Waals surface area contributed by atoms with Crippen LogP contribution in [0.2, 0.25) is 0 Å². The van der Waals surface area contributed by atoms with Crippen molar-refractivity contribution in [2.45, 2.75) is 26.2 Å². The van der Waals surface area contributed by atoms with Crippen LogP contribution in [0, 0.1) is 6.92 Å². The van der Waals surface area contributed by atoms with Gasteiger partial charge in [0, 0.05) is 18.7 Å². The second kappa shape index (κ2) is 3.82. The van der Waals surface area contributed by atoms with Gasteiger partial charge in [0.2, 0.25) is 5.76 Å². The normalized spacial score (nSPS) is 17.1. The average Bonchev–Trinajstić information content (AvgIpc) is 2.65. The van der Waals surface area contributed by atoms with E-state index in [0.717, 1.165) is 31.5 Å². The van der Waals surface area contributed by atoms with E-state index in [1.165, 1.54) is 6.42 Å². The smallest absolute Gasteiger partial charge is 0.292 e. The summed E-state index contributed by atoms with van der Waals surface area (Å²) in [5.41, 5.74) is 0.820.